The Morgan fingerprint density at radius 1 is 1.19 bits per heavy atom. The first-order valence-corrected chi connectivity index (χ1v) is 8.20. The molecule has 21 heavy (non-hydrogen) atoms. The molecule has 2 aromatic carbocycles. The van der Waals surface area contributed by atoms with Crippen LogP contribution in [0.2, 0.25) is 0 Å². The first kappa shape index (κ1) is 13.2. The number of aryl methyl sites for hydroxylation is 1. The van der Waals surface area contributed by atoms with Crippen LogP contribution in [0.4, 0.5) is 0 Å². The Hall–Kier alpha value is -1.50. The summed E-state index contributed by atoms with van der Waals surface area (Å²) in [5, 5.41) is 2.76. The highest BCUT2D eigenvalue weighted by molar-refractivity contribution is 5.88. The lowest BCUT2D eigenvalue weighted by Gasteiger charge is -2.38. The number of ether oxygens (including phenoxy) is 1. The maximum Gasteiger partial charge on any atom is 0.119 e. The van der Waals surface area contributed by atoms with E-state index >= 15 is 0 Å². The summed E-state index contributed by atoms with van der Waals surface area (Å²) in [7, 11) is 1.76. The molecule has 0 aliphatic heterocycles. The minimum Gasteiger partial charge on any atom is -0.497 e. The largest absolute Gasteiger partial charge is 0.497 e. The number of methoxy groups -OCH3 is 1. The monoisotopic (exact) mass is 280 g/mol. The van der Waals surface area contributed by atoms with Gasteiger partial charge in [-0.2, -0.15) is 0 Å². The van der Waals surface area contributed by atoms with E-state index in [0.29, 0.717) is 5.41 Å². The fourth-order valence-electron chi connectivity index (χ4n) is 5.01. The molecule has 2 aliphatic rings. The van der Waals surface area contributed by atoms with Gasteiger partial charge in [-0.3, -0.25) is 0 Å². The smallest absolute Gasteiger partial charge is 0.119 e. The molecule has 0 N–H and O–H groups in total. The zero-order valence-corrected chi connectivity index (χ0v) is 13.3. The van der Waals surface area contributed by atoms with Gasteiger partial charge in [-0.25, -0.2) is 0 Å². The lowest BCUT2D eigenvalue weighted by molar-refractivity contribution is 0.248. The molecule has 4 rings (SSSR count). The molecule has 1 fully saturated rings. The van der Waals surface area contributed by atoms with Crippen molar-refractivity contribution in [1.29, 1.82) is 0 Å². The van der Waals surface area contributed by atoms with Gasteiger partial charge in [0.25, 0.3) is 0 Å². The molecule has 3 atom stereocenters. The molecule has 2 aromatic rings. The summed E-state index contributed by atoms with van der Waals surface area (Å²) in [6.45, 7) is 4.94. The molecule has 0 radical (unpaired) electrons. The van der Waals surface area contributed by atoms with Crippen molar-refractivity contribution in [2.75, 3.05) is 7.11 Å². The van der Waals surface area contributed by atoms with E-state index in [9.17, 15) is 0 Å². The van der Waals surface area contributed by atoms with E-state index in [4.69, 9.17) is 4.74 Å². The van der Waals surface area contributed by atoms with E-state index in [0.717, 1.165) is 17.6 Å². The van der Waals surface area contributed by atoms with Crippen molar-refractivity contribution in [2.24, 2.45) is 11.3 Å². The van der Waals surface area contributed by atoms with Crippen LogP contribution in [0.1, 0.15) is 50.2 Å². The van der Waals surface area contributed by atoms with Gasteiger partial charge in [0.05, 0.1) is 7.11 Å². The summed E-state index contributed by atoms with van der Waals surface area (Å²) in [4.78, 5) is 0. The number of hydrogen-bond donors (Lipinski definition) is 0. The second kappa shape index (κ2) is 4.50. The van der Waals surface area contributed by atoms with Gasteiger partial charge < -0.3 is 4.74 Å². The number of hydrogen-bond acceptors (Lipinski definition) is 1. The van der Waals surface area contributed by atoms with Crippen LogP contribution in [0.15, 0.2) is 30.3 Å². The third-order valence-corrected chi connectivity index (χ3v) is 5.99. The summed E-state index contributed by atoms with van der Waals surface area (Å²) in [5.74, 6) is 2.60. The van der Waals surface area contributed by atoms with E-state index < -0.39 is 0 Å². The van der Waals surface area contributed by atoms with Crippen molar-refractivity contribution in [1.82, 2.24) is 0 Å². The van der Waals surface area contributed by atoms with Gasteiger partial charge in [-0.1, -0.05) is 32.0 Å². The number of fused-ring (bicyclic) bond motifs is 5. The first-order valence-electron chi connectivity index (χ1n) is 8.20. The minimum absolute atomic E-state index is 0.527. The molecule has 0 spiro atoms. The highest BCUT2D eigenvalue weighted by Gasteiger charge is 2.45. The molecule has 1 saturated carbocycles. The van der Waals surface area contributed by atoms with Crippen molar-refractivity contribution < 1.29 is 4.74 Å². The summed E-state index contributed by atoms with van der Waals surface area (Å²) in [6, 6.07) is 11.2. The number of benzene rings is 2. The molecule has 2 aliphatic carbocycles. The fraction of sp³-hybridized carbons (Fsp3) is 0.500. The Kier molecular flexibility index (Phi) is 2.82. The summed E-state index contributed by atoms with van der Waals surface area (Å²) < 4.78 is 5.44. The Balaban J connectivity index is 1.91. The van der Waals surface area contributed by atoms with Crippen molar-refractivity contribution in [3.8, 4) is 5.75 Å². The predicted molar refractivity (Wildman–Crippen MR) is 88.1 cm³/mol. The summed E-state index contributed by atoms with van der Waals surface area (Å²) >= 11 is 0. The minimum atomic E-state index is 0.527. The molecule has 0 saturated heterocycles. The van der Waals surface area contributed by atoms with Crippen LogP contribution in [0.3, 0.4) is 0 Å². The van der Waals surface area contributed by atoms with Crippen LogP contribution in [-0.2, 0) is 6.42 Å². The zero-order valence-electron chi connectivity index (χ0n) is 13.3. The van der Waals surface area contributed by atoms with Gasteiger partial charge >= 0.3 is 0 Å². The highest BCUT2D eigenvalue weighted by Crippen LogP contribution is 2.58. The molecule has 0 heterocycles. The van der Waals surface area contributed by atoms with Crippen molar-refractivity contribution >= 4 is 10.8 Å². The van der Waals surface area contributed by atoms with E-state index in [-0.39, 0.29) is 0 Å². The predicted octanol–water partition coefficient (Wildman–Crippen LogP) is 5.31. The maximum absolute atomic E-state index is 5.44. The van der Waals surface area contributed by atoms with E-state index in [1.54, 1.807) is 18.2 Å². The van der Waals surface area contributed by atoms with Gasteiger partial charge in [-0.15, -0.1) is 0 Å². The average Bonchev–Trinajstić information content (AvgIpc) is 2.80. The summed E-state index contributed by atoms with van der Waals surface area (Å²) in [6.07, 6.45) is 5.32. The quantitative estimate of drug-likeness (QED) is 0.687. The van der Waals surface area contributed by atoms with Crippen molar-refractivity contribution in [3.63, 3.8) is 0 Å². The molecular formula is C20H24O. The fourth-order valence-corrected chi connectivity index (χ4v) is 5.01. The van der Waals surface area contributed by atoms with Crippen LogP contribution >= 0.6 is 0 Å². The van der Waals surface area contributed by atoms with Gasteiger partial charge in [0.1, 0.15) is 5.75 Å². The Morgan fingerprint density at radius 3 is 2.81 bits per heavy atom. The van der Waals surface area contributed by atoms with Crippen LogP contribution < -0.4 is 4.74 Å². The molecule has 110 valence electrons. The van der Waals surface area contributed by atoms with Crippen LogP contribution in [0, 0.1) is 11.3 Å². The standard InChI is InChI=1S/C20H24O/c1-13-10-19-17-7-5-14-4-6-15(21-3)11-18(14)16(17)8-9-20(19,2)12-13/h4-7,11,13,19H,8-10,12H2,1-3H3/t13-,19+,20-/m1/s1. The Morgan fingerprint density at radius 2 is 2.00 bits per heavy atom. The van der Waals surface area contributed by atoms with Crippen LogP contribution in [0.25, 0.3) is 10.8 Å². The maximum atomic E-state index is 5.44. The molecular weight excluding hydrogens is 256 g/mol. The Bertz CT molecular complexity index is 702. The van der Waals surface area contributed by atoms with Gasteiger partial charge in [-0.05, 0) is 77.0 Å². The zero-order chi connectivity index (χ0) is 14.6. The first-order chi connectivity index (χ1) is 10.1. The van der Waals surface area contributed by atoms with Gasteiger partial charge in [0.15, 0.2) is 0 Å². The topological polar surface area (TPSA) is 9.23 Å². The molecule has 0 bridgehead atoms. The van der Waals surface area contributed by atoms with Crippen molar-refractivity contribution in [3.05, 3.63) is 41.5 Å². The summed E-state index contributed by atoms with van der Waals surface area (Å²) in [5.41, 5.74) is 3.73. The van der Waals surface area contributed by atoms with E-state index in [1.807, 2.05) is 0 Å². The lowest BCUT2D eigenvalue weighted by Crippen LogP contribution is -2.26. The average molecular weight is 280 g/mol. The van der Waals surface area contributed by atoms with Crippen LogP contribution in [-0.4, -0.2) is 7.11 Å². The number of rotatable bonds is 1. The normalized spacial score (nSPS) is 31.0. The third kappa shape index (κ3) is 1.90. The molecule has 1 nitrogen and oxygen atoms in total. The second-order valence-corrected chi connectivity index (χ2v) is 7.47. The SMILES string of the molecule is COc1ccc2ccc3c(c2c1)CC[C@]1(C)C[C@H](C)C[C@@H]31. The van der Waals surface area contributed by atoms with Crippen molar-refractivity contribution in [2.45, 2.75) is 45.4 Å². The molecule has 1 heteroatoms. The highest BCUT2D eigenvalue weighted by atomic mass is 16.5. The van der Waals surface area contributed by atoms with Crippen LogP contribution in [0.5, 0.6) is 5.75 Å². The second-order valence-electron chi connectivity index (χ2n) is 7.47. The van der Waals surface area contributed by atoms with E-state index in [2.05, 4.69) is 44.2 Å². The molecule has 0 aromatic heterocycles. The van der Waals surface area contributed by atoms with E-state index in [1.165, 1.54) is 36.5 Å². The lowest BCUT2D eigenvalue weighted by atomic mass is 9.66. The van der Waals surface area contributed by atoms with Gasteiger partial charge in [0.2, 0.25) is 0 Å². The van der Waals surface area contributed by atoms with Gasteiger partial charge in [0, 0.05) is 0 Å². The third-order valence-electron chi connectivity index (χ3n) is 5.99. The molecule has 0 amide bonds. The molecule has 0 unspecified atom stereocenters. The Labute approximate surface area is 127 Å².